The molecule has 0 unspecified atom stereocenters. The van der Waals surface area contributed by atoms with Crippen molar-refractivity contribution < 1.29 is 17.9 Å². The van der Waals surface area contributed by atoms with Crippen LogP contribution < -0.4 is 4.74 Å². The van der Waals surface area contributed by atoms with Crippen LogP contribution in [-0.2, 0) is 0 Å². The van der Waals surface area contributed by atoms with Crippen molar-refractivity contribution in [1.29, 1.82) is 0 Å². The van der Waals surface area contributed by atoms with Crippen molar-refractivity contribution in [2.45, 2.75) is 6.36 Å². The van der Waals surface area contributed by atoms with Crippen molar-refractivity contribution in [1.82, 2.24) is 9.97 Å². The molecule has 0 amide bonds. The van der Waals surface area contributed by atoms with E-state index in [1.807, 2.05) is 11.4 Å². The van der Waals surface area contributed by atoms with Crippen molar-refractivity contribution in [2.24, 2.45) is 0 Å². The second-order valence-electron chi connectivity index (χ2n) is 3.93. The zero-order chi connectivity index (χ0) is 14.2. The number of alkyl halides is 3. The average Bonchev–Trinajstić information content (AvgIpc) is 2.86. The van der Waals surface area contributed by atoms with Crippen molar-refractivity contribution in [3.05, 3.63) is 42.0 Å². The Labute approximate surface area is 115 Å². The minimum absolute atomic E-state index is 0.253. The van der Waals surface area contributed by atoms with Crippen LogP contribution in [0.2, 0.25) is 0 Å². The lowest BCUT2D eigenvalue weighted by molar-refractivity contribution is -0.274. The van der Waals surface area contributed by atoms with Gasteiger partial charge >= 0.3 is 6.36 Å². The number of fused-ring (bicyclic) bond motifs is 1. The van der Waals surface area contributed by atoms with Crippen LogP contribution in [0.1, 0.15) is 0 Å². The first-order valence-electron chi connectivity index (χ1n) is 5.57. The largest absolute Gasteiger partial charge is 0.573 e. The Kier molecular flexibility index (Phi) is 3.06. The van der Waals surface area contributed by atoms with Crippen LogP contribution >= 0.6 is 11.3 Å². The highest BCUT2D eigenvalue weighted by Crippen LogP contribution is 2.30. The van der Waals surface area contributed by atoms with Crippen LogP contribution in [0.15, 0.2) is 42.0 Å². The Morgan fingerprint density at radius 3 is 2.45 bits per heavy atom. The summed E-state index contributed by atoms with van der Waals surface area (Å²) >= 11 is 1.48. The summed E-state index contributed by atoms with van der Waals surface area (Å²) in [5.41, 5.74) is 1.40. The Bertz CT molecular complexity index is 737. The minimum Gasteiger partial charge on any atom is -0.406 e. The highest BCUT2D eigenvalue weighted by molar-refractivity contribution is 7.16. The quantitative estimate of drug-likeness (QED) is 0.709. The summed E-state index contributed by atoms with van der Waals surface area (Å²) in [5, 5.41) is 2.77. The molecule has 0 atom stereocenters. The lowest BCUT2D eigenvalue weighted by Gasteiger charge is -2.09. The van der Waals surface area contributed by atoms with Crippen LogP contribution in [0.3, 0.4) is 0 Å². The van der Waals surface area contributed by atoms with E-state index in [1.54, 1.807) is 12.1 Å². The van der Waals surface area contributed by atoms with E-state index in [2.05, 4.69) is 14.7 Å². The molecule has 2 aromatic heterocycles. The van der Waals surface area contributed by atoms with Crippen LogP contribution in [0.4, 0.5) is 13.2 Å². The maximum atomic E-state index is 12.1. The predicted molar refractivity (Wildman–Crippen MR) is 69.5 cm³/mol. The number of thiophene rings is 1. The van der Waals surface area contributed by atoms with E-state index in [0.717, 1.165) is 10.2 Å². The summed E-state index contributed by atoms with van der Waals surface area (Å²) in [6.07, 6.45) is -3.24. The zero-order valence-electron chi connectivity index (χ0n) is 9.89. The van der Waals surface area contributed by atoms with E-state index < -0.39 is 6.36 Å². The van der Waals surface area contributed by atoms with Gasteiger partial charge in [0.1, 0.15) is 16.9 Å². The highest BCUT2D eigenvalue weighted by Gasteiger charge is 2.30. The standard InChI is InChI=1S/C13H7F3N2OS/c14-13(15,16)19-9-3-1-8(2-4-9)11-10-5-6-20-12(10)18-7-17-11/h1-7H. The van der Waals surface area contributed by atoms with E-state index in [1.165, 1.54) is 29.8 Å². The van der Waals surface area contributed by atoms with Gasteiger partial charge in [-0.1, -0.05) is 0 Å². The van der Waals surface area contributed by atoms with E-state index in [4.69, 9.17) is 0 Å². The van der Waals surface area contributed by atoms with Crippen molar-refractivity contribution in [3.8, 4) is 17.0 Å². The van der Waals surface area contributed by atoms with Gasteiger partial charge in [-0.25, -0.2) is 9.97 Å². The van der Waals surface area contributed by atoms with Gasteiger partial charge in [0.2, 0.25) is 0 Å². The Balaban J connectivity index is 1.97. The second-order valence-corrected chi connectivity index (χ2v) is 4.83. The lowest BCUT2D eigenvalue weighted by atomic mass is 10.1. The van der Waals surface area contributed by atoms with E-state index in [0.29, 0.717) is 11.3 Å². The summed E-state index contributed by atoms with van der Waals surface area (Å²) < 4.78 is 40.1. The topological polar surface area (TPSA) is 35.0 Å². The predicted octanol–water partition coefficient (Wildman–Crippen LogP) is 4.26. The molecule has 7 heteroatoms. The number of hydrogen-bond acceptors (Lipinski definition) is 4. The molecule has 0 aliphatic rings. The van der Waals surface area contributed by atoms with E-state index in [9.17, 15) is 13.2 Å². The van der Waals surface area contributed by atoms with E-state index >= 15 is 0 Å². The van der Waals surface area contributed by atoms with Gasteiger partial charge in [0.15, 0.2) is 0 Å². The lowest BCUT2D eigenvalue weighted by Crippen LogP contribution is -2.16. The zero-order valence-corrected chi connectivity index (χ0v) is 10.7. The fourth-order valence-electron chi connectivity index (χ4n) is 1.83. The molecule has 0 N–H and O–H groups in total. The number of nitrogens with zero attached hydrogens (tertiary/aromatic N) is 2. The smallest absolute Gasteiger partial charge is 0.406 e. The molecule has 1 aromatic carbocycles. The normalized spacial score (nSPS) is 11.8. The second kappa shape index (κ2) is 4.75. The molecule has 3 aromatic rings. The van der Waals surface area contributed by atoms with Gasteiger partial charge in [0.25, 0.3) is 0 Å². The molecule has 3 nitrogen and oxygen atoms in total. The third kappa shape index (κ3) is 2.57. The third-order valence-electron chi connectivity index (χ3n) is 2.62. The molecule has 0 bridgehead atoms. The van der Waals surface area contributed by atoms with Crippen molar-refractivity contribution >= 4 is 21.6 Å². The Morgan fingerprint density at radius 1 is 1.00 bits per heavy atom. The van der Waals surface area contributed by atoms with Gasteiger partial charge in [-0.05, 0) is 35.7 Å². The Morgan fingerprint density at radius 2 is 1.75 bits per heavy atom. The summed E-state index contributed by atoms with van der Waals surface area (Å²) in [6.45, 7) is 0. The van der Waals surface area contributed by atoms with Crippen molar-refractivity contribution in [3.63, 3.8) is 0 Å². The number of hydrogen-bond donors (Lipinski definition) is 0. The van der Waals surface area contributed by atoms with Gasteiger partial charge in [-0.3, -0.25) is 0 Å². The fraction of sp³-hybridized carbons (Fsp3) is 0.0769. The summed E-state index contributed by atoms with van der Waals surface area (Å²) in [5.74, 6) is -0.253. The van der Waals surface area contributed by atoms with Gasteiger partial charge in [-0.2, -0.15) is 0 Å². The molecule has 2 heterocycles. The number of benzene rings is 1. The van der Waals surface area contributed by atoms with Crippen molar-refractivity contribution in [2.75, 3.05) is 0 Å². The van der Waals surface area contributed by atoms with Crippen LogP contribution in [-0.4, -0.2) is 16.3 Å². The van der Waals surface area contributed by atoms with E-state index in [-0.39, 0.29) is 5.75 Å². The molecule has 0 radical (unpaired) electrons. The van der Waals surface area contributed by atoms with Crippen LogP contribution in [0, 0.1) is 0 Å². The van der Waals surface area contributed by atoms with Crippen LogP contribution in [0.5, 0.6) is 5.75 Å². The monoisotopic (exact) mass is 296 g/mol. The molecule has 0 saturated heterocycles. The number of aromatic nitrogens is 2. The van der Waals surface area contributed by atoms with Gasteiger partial charge in [0, 0.05) is 10.9 Å². The first-order chi connectivity index (χ1) is 9.53. The molecular weight excluding hydrogens is 289 g/mol. The fourth-order valence-corrected chi connectivity index (χ4v) is 2.57. The molecule has 0 saturated carbocycles. The molecule has 0 spiro atoms. The number of halogens is 3. The summed E-state index contributed by atoms with van der Waals surface area (Å²) in [7, 11) is 0. The maximum absolute atomic E-state index is 12.1. The average molecular weight is 296 g/mol. The van der Waals surface area contributed by atoms with Crippen LogP contribution in [0.25, 0.3) is 21.5 Å². The molecule has 102 valence electrons. The third-order valence-corrected chi connectivity index (χ3v) is 3.44. The molecular formula is C13H7F3N2OS. The summed E-state index contributed by atoms with van der Waals surface area (Å²) in [6, 6.07) is 7.50. The molecule has 0 aliphatic heterocycles. The maximum Gasteiger partial charge on any atom is 0.573 e. The van der Waals surface area contributed by atoms with Gasteiger partial charge < -0.3 is 4.74 Å². The Hall–Kier alpha value is -2.15. The molecule has 3 rings (SSSR count). The SMILES string of the molecule is FC(F)(F)Oc1ccc(-c2ncnc3sccc23)cc1. The van der Waals surface area contributed by atoms with Gasteiger partial charge in [-0.15, -0.1) is 24.5 Å². The molecule has 0 aliphatic carbocycles. The summed E-state index contributed by atoms with van der Waals surface area (Å²) in [4.78, 5) is 9.15. The number of rotatable bonds is 2. The highest BCUT2D eigenvalue weighted by atomic mass is 32.1. The number of ether oxygens (including phenoxy) is 1. The first-order valence-corrected chi connectivity index (χ1v) is 6.45. The van der Waals surface area contributed by atoms with Gasteiger partial charge in [0.05, 0.1) is 5.69 Å². The molecule has 0 fully saturated rings. The minimum atomic E-state index is -4.68. The molecule has 20 heavy (non-hydrogen) atoms. The first kappa shape index (κ1) is 12.9.